The Bertz CT molecular complexity index is 1100. The van der Waals surface area contributed by atoms with Gasteiger partial charge in [0.05, 0.1) is 11.9 Å². The van der Waals surface area contributed by atoms with Crippen LogP contribution in [0.1, 0.15) is 38.7 Å². The molecule has 2 aromatic carbocycles. The molecule has 2 amide bonds. The second-order valence-electron chi connectivity index (χ2n) is 7.82. The van der Waals surface area contributed by atoms with Crippen LogP contribution in [0, 0.1) is 5.82 Å². The van der Waals surface area contributed by atoms with E-state index in [0.29, 0.717) is 23.6 Å². The predicted octanol–water partition coefficient (Wildman–Crippen LogP) is 3.97. The van der Waals surface area contributed by atoms with Gasteiger partial charge in [-0.05, 0) is 43.5 Å². The summed E-state index contributed by atoms with van der Waals surface area (Å²) in [4.78, 5) is 27.4. The van der Waals surface area contributed by atoms with Crippen LogP contribution in [0.3, 0.4) is 0 Å². The summed E-state index contributed by atoms with van der Waals surface area (Å²) in [7, 11) is -3.77. The molecular weight excluding hydrogens is 481 g/mol. The molecular formula is C24H31ClFN3O4S. The molecule has 0 saturated heterocycles. The van der Waals surface area contributed by atoms with Gasteiger partial charge in [0.15, 0.2) is 0 Å². The Morgan fingerprint density at radius 3 is 2.32 bits per heavy atom. The summed E-state index contributed by atoms with van der Waals surface area (Å²) in [5.41, 5.74) is 0.628. The zero-order chi connectivity index (χ0) is 25.3. The molecule has 0 bridgehead atoms. The third-order valence-electron chi connectivity index (χ3n) is 5.31. The van der Waals surface area contributed by atoms with Crippen molar-refractivity contribution in [2.75, 3.05) is 23.7 Å². The first-order chi connectivity index (χ1) is 16.1. The number of rotatable bonds is 12. The van der Waals surface area contributed by atoms with E-state index in [9.17, 15) is 22.4 Å². The van der Waals surface area contributed by atoms with Gasteiger partial charge in [-0.25, -0.2) is 12.8 Å². The summed E-state index contributed by atoms with van der Waals surface area (Å²) in [6, 6.07) is 12.0. The average Bonchev–Trinajstić information content (AvgIpc) is 2.78. The number of halogens is 2. The minimum Gasteiger partial charge on any atom is -0.355 e. The summed E-state index contributed by atoms with van der Waals surface area (Å²) in [6.45, 7) is 4.10. The maximum Gasteiger partial charge on any atom is 0.242 e. The fourth-order valence-corrected chi connectivity index (χ4v) is 4.82. The van der Waals surface area contributed by atoms with Crippen molar-refractivity contribution < 1.29 is 22.4 Å². The van der Waals surface area contributed by atoms with Crippen LogP contribution in [0.5, 0.6) is 0 Å². The van der Waals surface area contributed by atoms with Gasteiger partial charge in [0.1, 0.15) is 11.9 Å². The monoisotopic (exact) mass is 511 g/mol. The first-order valence-electron chi connectivity index (χ1n) is 11.1. The number of anilines is 1. The lowest BCUT2D eigenvalue weighted by molar-refractivity contribution is -0.141. The molecule has 0 spiro atoms. The normalized spacial score (nSPS) is 12.1. The first-order valence-corrected chi connectivity index (χ1v) is 13.4. The van der Waals surface area contributed by atoms with Gasteiger partial charge in [-0.3, -0.25) is 13.9 Å². The smallest absolute Gasteiger partial charge is 0.242 e. The summed E-state index contributed by atoms with van der Waals surface area (Å²) in [5, 5.41) is 3.24. The molecule has 34 heavy (non-hydrogen) atoms. The Hall–Kier alpha value is -2.65. The predicted molar refractivity (Wildman–Crippen MR) is 133 cm³/mol. The lowest BCUT2D eigenvalue weighted by Crippen LogP contribution is -2.49. The summed E-state index contributed by atoms with van der Waals surface area (Å²) >= 11 is 6.29. The lowest BCUT2D eigenvalue weighted by Gasteiger charge is -2.31. The number of nitrogens with one attached hydrogen (secondary N) is 1. The Morgan fingerprint density at radius 2 is 1.74 bits per heavy atom. The van der Waals surface area contributed by atoms with Crippen LogP contribution in [-0.4, -0.2) is 50.5 Å². The van der Waals surface area contributed by atoms with E-state index in [2.05, 4.69) is 5.32 Å². The number of carbonyl (C=O) groups is 2. The van der Waals surface area contributed by atoms with Crippen LogP contribution < -0.4 is 9.62 Å². The Labute approximate surface area is 205 Å². The molecule has 0 aliphatic carbocycles. The first kappa shape index (κ1) is 27.6. The second-order valence-corrected chi connectivity index (χ2v) is 10.1. The van der Waals surface area contributed by atoms with Crippen LogP contribution in [0.4, 0.5) is 10.1 Å². The molecule has 0 aliphatic heterocycles. The van der Waals surface area contributed by atoms with E-state index in [4.69, 9.17) is 11.6 Å². The van der Waals surface area contributed by atoms with Gasteiger partial charge in [0.2, 0.25) is 21.8 Å². The number of amides is 2. The number of hydrogen-bond donors (Lipinski definition) is 1. The zero-order valence-electron chi connectivity index (χ0n) is 19.6. The van der Waals surface area contributed by atoms with Crippen molar-refractivity contribution in [3.63, 3.8) is 0 Å². The number of benzene rings is 2. The fraction of sp³-hybridized carbons (Fsp3) is 0.417. The van der Waals surface area contributed by atoms with Crippen molar-refractivity contribution in [1.29, 1.82) is 0 Å². The maximum atomic E-state index is 14.2. The quantitative estimate of drug-likeness (QED) is 0.467. The van der Waals surface area contributed by atoms with E-state index in [1.54, 1.807) is 37.3 Å². The van der Waals surface area contributed by atoms with Gasteiger partial charge in [0.25, 0.3) is 0 Å². The van der Waals surface area contributed by atoms with Crippen molar-refractivity contribution in [3.05, 3.63) is 64.9 Å². The minimum absolute atomic E-state index is 0.0270. The number of likely N-dealkylation sites (N-methyl/N-ethyl adjacent to an activating group) is 1. The van der Waals surface area contributed by atoms with Crippen molar-refractivity contribution in [3.8, 4) is 0 Å². The number of nitrogens with zero attached hydrogens (tertiary/aromatic N) is 2. The minimum atomic E-state index is -3.77. The molecule has 0 heterocycles. The van der Waals surface area contributed by atoms with Gasteiger partial charge >= 0.3 is 0 Å². The van der Waals surface area contributed by atoms with Gasteiger partial charge in [0, 0.05) is 31.1 Å². The van der Waals surface area contributed by atoms with E-state index in [1.807, 2.05) is 6.92 Å². The number of carbonyl (C=O) groups excluding carboxylic acids is 2. The van der Waals surface area contributed by atoms with Gasteiger partial charge in [-0.1, -0.05) is 48.9 Å². The molecule has 0 aliphatic rings. The molecule has 2 aromatic rings. The molecule has 2 rings (SSSR count). The molecule has 186 valence electrons. The highest BCUT2D eigenvalue weighted by Crippen LogP contribution is 2.23. The average molecular weight is 512 g/mol. The molecule has 7 nitrogen and oxygen atoms in total. The highest BCUT2D eigenvalue weighted by atomic mass is 35.5. The van der Waals surface area contributed by atoms with Crippen LogP contribution in [0.25, 0.3) is 0 Å². The van der Waals surface area contributed by atoms with Crippen molar-refractivity contribution in [2.45, 2.75) is 45.7 Å². The second kappa shape index (κ2) is 12.7. The van der Waals surface area contributed by atoms with E-state index < -0.39 is 21.9 Å². The van der Waals surface area contributed by atoms with E-state index >= 15 is 0 Å². The van der Waals surface area contributed by atoms with Crippen LogP contribution >= 0.6 is 11.6 Å². The molecule has 0 fully saturated rings. The fourth-order valence-electron chi connectivity index (χ4n) is 3.66. The van der Waals surface area contributed by atoms with Crippen molar-refractivity contribution in [2.24, 2.45) is 0 Å². The molecule has 0 saturated carbocycles. The van der Waals surface area contributed by atoms with Crippen LogP contribution in [0.15, 0.2) is 48.5 Å². The number of sulfonamides is 1. The molecule has 1 unspecified atom stereocenters. The largest absolute Gasteiger partial charge is 0.355 e. The SMILES string of the molecule is CCNC(=O)C(CC)N(Cc1ccccc1Cl)C(=O)CCCN(c1ccccc1F)S(C)(=O)=O. The summed E-state index contributed by atoms with van der Waals surface area (Å²) < 4.78 is 39.8. The van der Waals surface area contributed by atoms with Gasteiger partial charge in [-0.15, -0.1) is 0 Å². The van der Waals surface area contributed by atoms with Gasteiger partial charge in [-0.2, -0.15) is 0 Å². The van der Waals surface area contributed by atoms with Crippen molar-refractivity contribution in [1.82, 2.24) is 10.2 Å². The topological polar surface area (TPSA) is 86.8 Å². The third-order valence-corrected chi connectivity index (χ3v) is 6.86. The molecule has 1 atom stereocenters. The third kappa shape index (κ3) is 7.43. The Balaban J connectivity index is 2.22. The summed E-state index contributed by atoms with van der Waals surface area (Å²) in [5.74, 6) is -1.25. The van der Waals surface area contributed by atoms with E-state index in [-0.39, 0.29) is 43.4 Å². The maximum absolute atomic E-state index is 14.2. The lowest BCUT2D eigenvalue weighted by atomic mass is 10.1. The van der Waals surface area contributed by atoms with E-state index in [1.165, 1.54) is 23.1 Å². The highest BCUT2D eigenvalue weighted by Gasteiger charge is 2.29. The highest BCUT2D eigenvalue weighted by molar-refractivity contribution is 7.92. The van der Waals surface area contributed by atoms with Crippen LogP contribution in [-0.2, 0) is 26.2 Å². The standard InChI is InChI=1S/C24H31ClFN3O4S/c1-4-21(24(31)27-5-2)28(17-18-11-6-7-12-19(18)25)23(30)15-10-16-29(34(3,32)33)22-14-9-8-13-20(22)26/h6-9,11-14,21H,4-5,10,15-17H2,1-3H3,(H,27,31). The summed E-state index contributed by atoms with van der Waals surface area (Å²) in [6.07, 6.45) is 1.51. The zero-order valence-corrected chi connectivity index (χ0v) is 21.2. The van der Waals surface area contributed by atoms with Crippen LogP contribution in [0.2, 0.25) is 5.02 Å². The number of hydrogen-bond acceptors (Lipinski definition) is 4. The van der Waals surface area contributed by atoms with Crippen molar-refractivity contribution >= 4 is 39.1 Å². The Morgan fingerprint density at radius 1 is 1.09 bits per heavy atom. The molecule has 0 radical (unpaired) electrons. The molecule has 0 aromatic heterocycles. The molecule has 10 heteroatoms. The Kier molecular flexibility index (Phi) is 10.3. The molecule has 1 N–H and O–H groups in total. The van der Waals surface area contributed by atoms with Gasteiger partial charge < -0.3 is 10.2 Å². The van der Waals surface area contributed by atoms with E-state index in [0.717, 1.165) is 10.6 Å². The number of para-hydroxylation sites is 1.